The van der Waals surface area contributed by atoms with Crippen molar-refractivity contribution in [2.45, 2.75) is 25.9 Å². The smallest absolute Gasteiger partial charge is 0.241 e. The Morgan fingerprint density at radius 1 is 1.22 bits per heavy atom. The van der Waals surface area contributed by atoms with Crippen molar-refractivity contribution in [1.29, 1.82) is 0 Å². The van der Waals surface area contributed by atoms with E-state index in [1.807, 2.05) is 32.0 Å². The quantitative estimate of drug-likeness (QED) is 0.726. The van der Waals surface area contributed by atoms with Gasteiger partial charge in [-0.2, -0.15) is 0 Å². The lowest BCUT2D eigenvalue weighted by molar-refractivity contribution is -0.121. The molecule has 1 aliphatic heterocycles. The van der Waals surface area contributed by atoms with Gasteiger partial charge >= 0.3 is 0 Å². The zero-order valence-corrected chi connectivity index (χ0v) is 16.6. The van der Waals surface area contributed by atoms with Crippen LogP contribution in [0.4, 0.5) is 5.69 Å². The van der Waals surface area contributed by atoms with Crippen LogP contribution >= 0.6 is 31.9 Å². The molecule has 5 nitrogen and oxygen atoms in total. The number of aliphatic hydroxyl groups is 1. The number of nitrogens with zero attached hydrogens (tertiary/aromatic N) is 2. The topological polar surface area (TPSA) is 55.8 Å². The van der Waals surface area contributed by atoms with Crippen LogP contribution in [-0.4, -0.2) is 65.7 Å². The molecule has 2 N–H and O–H groups in total. The van der Waals surface area contributed by atoms with Crippen molar-refractivity contribution in [3.8, 4) is 0 Å². The molecule has 7 heteroatoms. The molecule has 128 valence electrons. The summed E-state index contributed by atoms with van der Waals surface area (Å²) >= 11 is 6.87. The Morgan fingerprint density at radius 3 is 2.39 bits per heavy atom. The Kier molecular flexibility index (Phi) is 7.03. The zero-order valence-electron chi connectivity index (χ0n) is 13.4. The van der Waals surface area contributed by atoms with E-state index in [9.17, 15) is 9.90 Å². The van der Waals surface area contributed by atoms with Gasteiger partial charge < -0.3 is 10.4 Å². The summed E-state index contributed by atoms with van der Waals surface area (Å²) in [5.74, 6) is -0.00307. The van der Waals surface area contributed by atoms with E-state index in [0.717, 1.165) is 40.8 Å². The summed E-state index contributed by atoms with van der Waals surface area (Å²) in [5, 5.41) is 12.2. The van der Waals surface area contributed by atoms with Crippen molar-refractivity contribution in [1.82, 2.24) is 9.80 Å². The van der Waals surface area contributed by atoms with Gasteiger partial charge in [0.05, 0.1) is 18.3 Å². The van der Waals surface area contributed by atoms with Crippen LogP contribution in [0, 0.1) is 0 Å². The number of carbonyl (C=O) groups is 1. The number of nitrogens with one attached hydrogen (secondary N) is 1. The molecule has 1 fully saturated rings. The molecule has 0 saturated carbocycles. The summed E-state index contributed by atoms with van der Waals surface area (Å²) in [5.41, 5.74) is 0.776. The number of carbonyl (C=O) groups excluding carboxylic acids is 1. The molecule has 1 amide bonds. The lowest BCUT2D eigenvalue weighted by Gasteiger charge is -2.39. The summed E-state index contributed by atoms with van der Waals surface area (Å²) in [7, 11) is 0. The van der Waals surface area contributed by atoms with E-state index in [1.54, 1.807) is 0 Å². The van der Waals surface area contributed by atoms with E-state index < -0.39 is 0 Å². The van der Waals surface area contributed by atoms with Crippen molar-refractivity contribution in [2.24, 2.45) is 0 Å². The number of halogens is 2. The van der Waals surface area contributed by atoms with Gasteiger partial charge in [0.2, 0.25) is 5.91 Å². The van der Waals surface area contributed by atoms with Crippen LogP contribution < -0.4 is 5.32 Å². The maximum absolute atomic E-state index is 12.5. The molecule has 0 aromatic heterocycles. The second-order valence-corrected chi connectivity index (χ2v) is 7.66. The van der Waals surface area contributed by atoms with Crippen LogP contribution in [0.25, 0.3) is 0 Å². The zero-order chi connectivity index (χ0) is 17.0. The largest absolute Gasteiger partial charge is 0.395 e. The average molecular weight is 449 g/mol. The summed E-state index contributed by atoms with van der Waals surface area (Å²) in [4.78, 5) is 16.9. The molecule has 23 heavy (non-hydrogen) atoms. The summed E-state index contributed by atoms with van der Waals surface area (Å²) in [6.45, 7) is 7.56. The highest BCUT2D eigenvalue weighted by atomic mass is 79.9. The number of hydrogen-bond donors (Lipinski definition) is 2. The molecule has 0 aliphatic carbocycles. The second-order valence-electron chi connectivity index (χ2n) is 5.89. The third-order valence-electron chi connectivity index (χ3n) is 4.35. The second kappa shape index (κ2) is 8.58. The molecule has 1 saturated heterocycles. The predicted octanol–water partition coefficient (Wildman–Crippen LogP) is 2.54. The van der Waals surface area contributed by atoms with Crippen molar-refractivity contribution < 1.29 is 9.90 Å². The Hall–Kier alpha value is -0.470. The van der Waals surface area contributed by atoms with Gasteiger partial charge in [-0.15, -0.1) is 0 Å². The van der Waals surface area contributed by atoms with Gasteiger partial charge in [-0.25, -0.2) is 0 Å². The minimum atomic E-state index is -0.183. The lowest BCUT2D eigenvalue weighted by atomic mass is 10.2. The van der Waals surface area contributed by atoms with Gasteiger partial charge in [-0.05, 0) is 48.0 Å². The van der Waals surface area contributed by atoms with Gasteiger partial charge in [0.25, 0.3) is 0 Å². The van der Waals surface area contributed by atoms with Gasteiger partial charge in [0.1, 0.15) is 0 Å². The van der Waals surface area contributed by atoms with E-state index in [0.29, 0.717) is 0 Å². The normalized spacial score (nSPS) is 19.3. The predicted molar refractivity (Wildman–Crippen MR) is 99.6 cm³/mol. The van der Waals surface area contributed by atoms with Crippen LogP contribution in [-0.2, 0) is 4.79 Å². The van der Waals surface area contributed by atoms with Crippen LogP contribution in [0.2, 0.25) is 0 Å². The Bertz CT molecular complexity index is 548. The molecule has 0 spiro atoms. The molecule has 0 unspecified atom stereocenters. The highest BCUT2D eigenvalue weighted by Crippen LogP contribution is 2.26. The SMILES string of the molecule is C[C@H](CO)N1CCN([C@@H](C)C(=O)Nc2ccc(Br)cc2Br)CC1. The molecule has 1 heterocycles. The molecule has 2 rings (SSSR count). The van der Waals surface area contributed by atoms with Gasteiger partial charge in [-0.3, -0.25) is 14.6 Å². The number of amides is 1. The Morgan fingerprint density at radius 2 is 1.83 bits per heavy atom. The van der Waals surface area contributed by atoms with Crippen LogP contribution in [0.1, 0.15) is 13.8 Å². The van der Waals surface area contributed by atoms with Crippen molar-refractivity contribution in [2.75, 3.05) is 38.1 Å². The average Bonchev–Trinajstić information content (AvgIpc) is 2.56. The van der Waals surface area contributed by atoms with Crippen molar-refractivity contribution in [3.63, 3.8) is 0 Å². The molecule has 0 radical (unpaired) electrons. The number of benzene rings is 1. The van der Waals surface area contributed by atoms with Gasteiger partial charge in [0, 0.05) is 41.2 Å². The van der Waals surface area contributed by atoms with E-state index in [4.69, 9.17) is 0 Å². The fraction of sp³-hybridized carbons (Fsp3) is 0.562. The van der Waals surface area contributed by atoms with Gasteiger partial charge in [0.15, 0.2) is 0 Å². The highest BCUT2D eigenvalue weighted by molar-refractivity contribution is 9.11. The van der Waals surface area contributed by atoms with E-state index in [-0.39, 0.29) is 24.6 Å². The first-order valence-corrected chi connectivity index (χ1v) is 9.36. The minimum Gasteiger partial charge on any atom is -0.395 e. The molecular formula is C16H23Br2N3O2. The maximum atomic E-state index is 12.5. The molecule has 2 atom stereocenters. The number of anilines is 1. The number of aliphatic hydroxyl groups excluding tert-OH is 1. The Balaban J connectivity index is 1.90. The first-order valence-electron chi connectivity index (χ1n) is 7.77. The number of hydrogen-bond acceptors (Lipinski definition) is 4. The third-order valence-corrected chi connectivity index (χ3v) is 5.50. The van der Waals surface area contributed by atoms with Crippen LogP contribution in [0.15, 0.2) is 27.1 Å². The first-order chi connectivity index (χ1) is 10.9. The highest BCUT2D eigenvalue weighted by Gasteiger charge is 2.27. The minimum absolute atomic E-state index is 0.00307. The molecule has 1 aromatic rings. The number of piperazine rings is 1. The van der Waals surface area contributed by atoms with Crippen LogP contribution in [0.3, 0.4) is 0 Å². The lowest BCUT2D eigenvalue weighted by Crippen LogP contribution is -2.55. The standard InChI is InChI=1S/C16H23Br2N3O2/c1-11(10-22)20-5-7-21(8-6-20)12(2)16(23)19-15-4-3-13(17)9-14(15)18/h3-4,9,11-12,22H,5-8,10H2,1-2H3,(H,19,23)/t11-,12+/m1/s1. The monoisotopic (exact) mass is 447 g/mol. The third kappa shape index (κ3) is 5.00. The molecule has 1 aromatic carbocycles. The first kappa shape index (κ1) is 18.9. The molecular weight excluding hydrogens is 426 g/mol. The Labute approximate surface area is 154 Å². The van der Waals surface area contributed by atoms with Gasteiger partial charge in [-0.1, -0.05) is 15.9 Å². The van der Waals surface area contributed by atoms with Crippen LogP contribution in [0.5, 0.6) is 0 Å². The van der Waals surface area contributed by atoms with Crippen molar-refractivity contribution in [3.05, 3.63) is 27.1 Å². The van der Waals surface area contributed by atoms with E-state index >= 15 is 0 Å². The number of rotatable bonds is 5. The van der Waals surface area contributed by atoms with Crippen molar-refractivity contribution >= 4 is 43.5 Å². The summed E-state index contributed by atoms with van der Waals surface area (Å²) in [6, 6.07) is 5.69. The summed E-state index contributed by atoms with van der Waals surface area (Å²) in [6.07, 6.45) is 0. The summed E-state index contributed by atoms with van der Waals surface area (Å²) < 4.78 is 1.82. The van der Waals surface area contributed by atoms with E-state index in [1.165, 1.54) is 0 Å². The maximum Gasteiger partial charge on any atom is 0.241 e. The molecule has 0 bridgehead atoms. The fourth-order valence-electron chi connectivity index (χ4n) is 2.67. The van der Waals surface area contributed by atoms with E-state index in [2.05, 4.69) is 47.0 Å². The fourth-order valence-corrected chi connectivity index (χ4v) is 3.82. The molecule has 1 aliphatic rings.